The molecule has 4 nitrogen and oxygen atoms in total. The zero-order chi connectivity index (χ0) is 14.7. The van der Waals surface area contributed by atoms with Crippen LogP contribution in [-0.2, 0) is 15.5 Å². The molecule has 0 fully saturated rings. The van der Waals surface area contributed by atoms with Gasteiger partial charge in [-0.25, -0.2) is 0 Å². The van der Waals surface area contributed by atoms with E-state index < -0.39 is 20.8 Å². The lowest BCUT2D eigenvalue weighted by molar-refractivity contribution is 0.432. The van der Waals surface area contributed by atoms with E-state index in [4.69, 9.17) is 4.55 Å². The fraction of sp³-hybridized carbons (Fsp3) is 0.571. The van der Waals surface area contributed by atoms with Gasteiger partial charge in [-0.1, -0.05) is 46.1 Å². The summed E-state index contributed by atoms with van der Waals surface area (Å²) in [5.41, 5.74) is 0.608. The molecule has 19 heavy (non-hydrogen) atoms. The standard InChI is InChI=1S/C14H22O4S/c1-4-5-6-9-14(2,3)11-7-8-12(15)13(10-11)19(16,17)18/h7-8,10,15H,4-6,9H2,1-3H3,(H,16,17,18). The van der Waals surface area contributed by atoms with Crippen molar-refractivity contribution in [2.45, 2.75) is 56.8 Å². The van der Waals surface area contributed by atoms with Crippen molar-refractivity contribution >= 4 is 10.1 Å². The topological polar surface area (TPSA) is 74.6 Å². The van der Waals surface area contributed by atoms with Crippen molar-refractivity contribution in [3.63, 3.8) is 0 Å². The Morgan fingerprint density at radius 3 is 2.37 bits per heavy atom. The van der Waals surface area contributed by atoms with Gasteiger partial charge in [0.15, 0.2) is 0 Å². The van der Waals surface area contributed by atoms with E-state index in [0.29, 0.717) is 0 Å². The maximum Gasteiger partial charge on any atom is 0.298 e. The van der Waals surface area contributed by atoms with E-state index in [0.717, 1.165) is 31.2 Å². The number of rotatable bonds is 6. The number of hydrogen-bond donors (Lipinski definition) is 2. The van der Waals surface area contributed by atoms with Crippen molar-refractivity contribution in [3.05, 3.63) is 23.8 Å². The third kappa shape index (κ3) is 4.21. The molecule has 2 N–H and O–H groups in total. The summed E-state index contributed by atoms with van der Waals surface area (Å²) in [4.78, 5) is -0.423. The average Bonchev–Trinajstić information content (AvgIpc) is 2.27. The summed E-state index contributed by atoms with van der Waals surface area (Å²) in [5.74, 6) is -0.421. The van der Waals surface area contributed by atoms with Gasteiger partial charge in [0.25, 0.3) is 10.1 Å². The van der Waals surface area contributed by atoms with Crippen LogP contribution in [0.15, 0.2) is 23.1 Å². The molecule has 1 aromatic carbocycles. The molecule has 0 saturated carbocycles. The second-order valence-corrected chi connectivity index (χ2v) is 6.89. The zero-order valence-electron chi connectivity index (χ0n) is 11.7. The number of phenols is 1. The Hall–Kier alpha value is -1.07. The molecule has 0 saturated heterocycles. The van der Waals surface area contributed by atoms with Gasteiger partial charge in [0, 0.05) is 0 Å². The second kappa shape index (κ2) is 5.92. The number of aromatic hydroxyl groups is 1. The van der Waals surface area contributed by atoms with Crippen molar-refractivity contribution in [2.75, 3.05) is 0 Å². The summed E-state index contributed by atoms with van der Waals surface area (Å²) in [6, 6.07) is 4.38. The largest absolute Gasteiger partial charge is 0.506 e. The van der Waals surface area contributed by atoms with E-state index in [-0.39, 0.29) is 5.41 Å². The Bertz CT molecular complexity index is 532. The number of phenolic OH excluding ortho intramolecular Hbond substituents is 1. The quantitative estimate of drug-likeness (QED) is 0.620. The van der Waals surface area contributed by atoms with Crippen LogP contribution in [0.3, 0.4) is 0 Å². The SMILES string of the molecule is CCCCCC(C)(C)c1ccc(O)c(S(=O)(=O)O)c1. The fourth-order valence-corrected chi connectivity index (χ4v) is 2.71. The van der Waals surface area contributed by atoms with Gasteiger partial charge >= 0.3 is 0 Å². The molecule has 0 aromatic heterocycles. The van der Waals surface area contributed by atoms with E-state index >= 15 is 0 Å². The highest BCUT2D eigenvalue weighted by Crippen LogP contribution is 2.33. The lowest BCUT2D eigenvalue weighted by Crippen LogP contribution is -2.17. The maximum absolute atomic E-state index is 11.2. The molecule has 1 aromatic rings. The van der Waals surface area contributed by atoms with Gasteiger partial charge in [-0.15, -0.1) is 0 Å². The highest BCUT2D eigenvalue weighted by molar-refractivity contribution is 7.86. The van der Waals surface area contributed by atoms with Gasteiger partial charge in [-0.05, 0) is 29.5 Å². The average molecular weight is 286 g/mol. The van der Waals surface area contributed by atoms with Crippen molar-refractivity contribution in [1.82, 2.24) is 0 Å². The first kappa shape index (κ1) is 16.0. The van der Waals surface area contributed by atoms with Crippen LogP contribution >= 0.6 is 0 Å². The monoisotopic (exact) mass is 286 g/mol. The summed E-state index contributed by atoms with van der Waals surface area (Å²) in [6.45, 7) is 6.19. The Morgan fingerprint density at radius 1 is 1.21 bits per heavy atom. The van der Waals surface area contributed by atoms with Gasteiger partial charge in [-0.3, -0.25) is 4.55 Å². The first-order valence-electron chi connectivity index (χ1n) is 6.49. The lowest BCUT2D eigenvalue weighted by Gasteiger charge is -2.25. The molecule has 0 aliphatic rings. The molecule has 1 rings (SSSR count). The van der Waals surface area contributed by atoms with Gasteiger partial charge in [-0.2, -0.15) is 8.42 Å². The molecule has 108 valence electrons. The number of benzene rings is 1. The van der Waals surface area contributed by atoms with Crippen LogP contribution in [-0.4, -0.2) is 18.1 Å². The van der Waals surface area contributed by atoms with Gasteiger partial charge in [0.05, 0.1) is 0 Å². The molecule has 0 spiro atoms. The Balaban J connectivity index is 3.08. The van der Waals surface area contributed by atoms with E-state index in [1.807, 2.05) is 13.8 Å². The molecule has 0 heterocycles. The van der Waals surface area contributed by atoms with Crippen LogP contribution < -0.4 is 0 Å². The van der Waals surface area contributed by atoms with Crippen molar-refractivity contribution in [2.24, 2.45) is 0 Å². The van der Waals surface area contributed by atoms with Crippen LogP contribution in [0.4, 0.5) is 0 Å². The third-order valence-corrected chi connectivity index (χ3v) is 4.31. The highest BCUT2D eigenvalue weighted by Gasteiger charge is 2.24. The van der Waals surface area contributed by atoms with Gasteiger partial charge in [0.1, 0.15) is 10.6 Å². The number of hydrogen-bond acceptors (Lipinski definition) is 3. The fourth-order valence-electron chi connectivity index (χ4n) is 2.10. The predicted octanol–water partition coefficient (Wildman–Crippen LogP) is 3.50. The third-order valence-electron chi connectivity index (χ3n) is 3.42. The predicted molar refractivity (Wildman–Crippen MR) is 75.1 cm³/mol. The smallest absolute Gasteiger partial charge is 0.298 e. The minimum atomic E-state index is -4.39. The van der Waals surface area contributed by atoms with Crippen LogP contribution in [0.1, 0.15) is 52.0 Å². The van der Waals surface area contributed by atoms with E-state index in [9.17, 15) is 13.5 Å². The molecule has 0 unspecified atom stereocenters. The van der Waals surface area contributed by atoms with E-state index in [1.165, 1.54) is 12.1 Å². The van der Waals surface area contributed by atoms with E-state index in [2.05, 4.69) is 6.92 Å². The van der Waals surface area contributed by atoms with Crippen molar-refractivity contribution in [1.29, 1.82) is 0 Å². The minimum Gasteiger partial charge on any atom is -0.506 e. The summed E-state index contributed by atoms with van der Waals surface area (Å²) in [6.07, 6.45) is 4.25. The first-order chi connectivity index (χ1) is 8.68. The Labute approximate surface area is 115 Å². The zero-order valence-corrected chi connectivity index (χ0v) is 12.5. The lowest BCUT2D eigenvalue weighted by atomic mass is 9.80. The van der Waals surface area contributed by atoms with Crippen LogP contribution in [0.5, 0.6) is 5.75 Å². The summed E-state index contributed by atoms with van der Waals surface area (Å²) in [7, 11) is -4.39. The summed E-state index contributed by atoms with van der Waals surface area (Å²) >= 11 is 0. The Kier molecular flexibility index (Phi) is 4.98. The molecule has 0 atom stereocenters. The minimum absolute atomic E-state index is 0.192. The second-order valence-electron chi connectivity index (χ2n) is 5.50. The molecule has 0 aliphatic heterocycles. The van der Waals surface area contributed by atoms with Crippen LogP contribution in [0.2, 0.25) is 0 Å². The van der Waals surface area contributed by atoms with Crippen LogP contribution in [0, 0.1) is 0 Å². The normalized spacial score (nSPS) is 12.6. The van der Waals surface area contributed by atoms with Gasteiger partial charge < -0.3 is 5.11 Å². The molecule has 5 heteroatoms. The maximum atomic E-state index is 11.2. The highest BCUT2D eigenvalue weighted by atomic mass is 32.2. The van der Waals surface area contributed by atoms with E-state index in [1.54, 1.807) is 6.07 Å². The number of unbranched alkanes of at least 4 members (excludes halogenated alkanes) is 2. The molecule has 0 bridgehead atoms. The Morgan fingerprint density at radius 2 is 1.84 bits per heavy atom. The first-order valence-corrected chi connectivity index (χ1v) is 7.93. The van der Waals surface area contributed by atoms with Crippen LogP contribution in [0.25, 0.3) is 0 Å². The molecule has 0 aliphatic carbocycles. The molecule has 0 amide bonds. The molecule has 0 radical (unpaired) electrons. The molecular weight excluding hydrogens is 264 g/mol. The summed E-state index contributed by atoms with van der Waals surface area (Å²) < 4.78 is 31.5. The van der Waals surface area contributed by atoms with Crippen molar-refractivity contribution < 1.29 is 18.1 Å². The van der Waals surface area contributed by atoms with Crippen molar-refractivity contribution in [3.8, 4) is 5.75 Å². The molecular formula is C14H22O4S. The van der Waals surface area contributed by atoms with Gasteiger partial charge in [0.2, 0.25) is 0 Å². The summed E-state index contributed by atoms with van der Waals surface area (Å²) in [5, 5.41) is 9.51.